The predicted octanol–water partition coefficient (Wildman–Crippen LogP) is 1.21. The second-order valence-corrected chi connectivity index (χ2v) is 6.79. The molecule has 0 saturated carbocycles. The maximum atomic E-state index is 12.3. The zero-order valence-electron chi connectivity index (χ0n) is 16.8. The molecule has 7 nitrogen and oxygen atoms in total. The largest absolute Gasteiger partial charge is 0.379 e. The Balaban J connectivity index is 1.78. The molecule has 7 heteroatoms. The summed E-state index contributed by atoms with van der Waals surface area (Å²) in [6.07, 6.45) is 0.916. The summed E-state index contributed by atoms with van der Waals surface area (Å²) < 4.78 is 5.36. The van der Waals surface area contributed by atoms with Crippen molar-refractivity contribution < 1.29 is 9.53 Å². The summed E-state index contributed by atoms with van der Waals surface area (Å²) in [4.78, 5) is 18.9. The van der Waals surface area contributed by atoms with Gasteiger partial charge in [0.1, 0.15) is 0 Å². The molecule has 27 heavy (non-hydrogen) atoms. The molecule has 1 aromatic carbocycles. The van der Waals surface area contributed by atoms with Gasteiger partial charge in [-0.3, -0.25) is 14.7 Å². The van der Waals surface area contributed by atoms with Crippen LogP contribution in [0.1, 0.15) is 36.2 Å². The first kappa shape index (κ1) is 21.2. The van der Waals surface area contributed by atoms with Gasteiger partial charge < -0.3 is 20.7 Å². The van der Waals surface area contributed by atoms with Crippen LogP contribution >= 0.6 is 0 Å². The maximum absolute atomic E-state index is 12.3. The van der Waals surface area contributed by atoms with E-state index in [4.69, 9.17) is 4.74 Å². The van der Waals surface area contributed by atoms with Gasteiger partial charge in [-0.1, -0.05) is 19.1 Å². The van der Waals surface area contributed by atoms with Crippen molar-refractivity contribution in [3.63, 3.8) is 0 Å². The zero-order valence-corrected chi connectivity index (χ0v) is 16.8. The number of nitrogens with one attached hydrogen (secondary N) is 3. The van der Waals surface area contributed by atoms with Crippen LogP contribution in [0.2, 0.25) is 0 Å². The number of hydrogen-bond acceptors (Lipinski definition) is 4. The Morgan fingerprint density at radius 3 is 2.78 bits per heavy atom. The number of aliphatic imine (C=N–C) groups is 1. The van der Waals surface area contributed by atoms with Gasteiger partial charge in [-0.05, 0) is 31.0 Å². The smallest absolute Gasteiger partial charge is 0.251 e. The van der Waals surface area contributed by atoms with Crippen LogP contribution in [-0.2, 0) is 11.3 Å². The molecule has 1 amide bonds. The summed E-state index contributed by atoms with van der Waals surface area (Å²) in [5.74, 6) is 0.733. The lowest BCUT2D eigenvalue weighted by Gasteiger charge is -2.26. The number of guanidine groups is 1. The first-order chi connectivity index (χ1) is 13.1. The third-order valence-electron chi connectivity index (χ3n) is 4.69. The van der Waals surface area contributed by atoms with Crippen LogP contribution in [0.3, 0.4) is 0 Å². The fraction of sp³-hybridized carbons (Fsp3) is 0.600. The molecule has 1 aromatic rings. The van der Waals surface area contributed by atoms with Crippen molar-refractivity contribution in [1.29, 1.82) is 0 Å². The molecule has 0 aromatic heterocycles. The summed E-state index contributed by atoms with van der Waals surface area (Å²) in [5, 5.41) is 9.64. The predicted molar refractivity (Wildman–Crippen MR) is 109 cm³/mol. The molecule has 1 heterocycles. The van der Waals surface area contributed by atoms with Crippen molar-refractivity contribution in [2.24, 2.45) is 4.99 Å². The molecular weight excluding hydrogens is 342 g/mol. The number of hydrogen-bond donors (Lipinski definition) is 3. The molecule has 0 bridgehead atoms. The van der Waals surface area contributed by atoms with Gasteiger partial charge in [0.2, 0.25) is 0 Å². The van der Waals surface area contributed by atoms with Crippen LogP contribution in [0.4, 0.5) is 0 Å². The van der Waals surface area contributed by atoms with Gasteiger partial charge in [0.15, 0.2) is 5.96 Å². The fourth-order valence-electron chi connectivity index (χ4n) is 2.80. The number of rotatable bonds is 8. The molecular formula is C20H33N5O2. The SMILES string of the molecule is CCC(C)NC(=O)c1cccc(CNC(=NC)NCCN2CCOCC2)c1. The summed E-state index contributed by atoms with van der Waals surface area (Å²) in [5.41, 5.74) is 1.73. The monoisotopic (exact) mass is 375 g/mol. The number of benzene rings is 1. The van der Waals surface area contributed by atoms with Crippen molar-refractivity contribution in [3.05, 3.63) is 35.4 Å². The molecule has 0 aliphatic carbocycles. The van der Waals surface area contributed by atoms with E-state index < -0.39 is 0 Å². The number of nitrogens with zero attached hydrogens (tertiary/aromatic N) is 2. The van der Waals surface area contributed by atoms with E-state index in [0.717, 1.165) is 57.3 Å². The Bertz CT molecular complexity index is 614. The standard InChI is InChI=1S/C20H33N5O2/c1-4-16(2)24-19(26)18-7-5-6-17(14-18)15-23-20(21-3)22-8-9-25-10-12-27-13-11-25/h5-7,14,16H,4,8-13,15H2,1-3H3,(H,24,26)(H2,21,22,23). The van der Waals surface area contributed by atoms with E-state index in [9.17, 15) is 4.79 Å². The van der Waals surface area contributed by atoms with Gasteiger partial charge in [-0.25, -0.2) is 0 Å². The highest BCUT2D eigenvalue weighted by molar-refractivity contribution is 5.94. The van der Waals surface area contributed by atoms with Gasteiger partial charge >= 0.3 is 0 Å². The minimum absolute atomic E-state index is 0.0285. The molecule has 3 N–H and O–H groups in total. The Kier molecular flexibility index (Phi) is 9.07. The Morgan fingerprint density at radius 2 is 2.07 bits per heavy atom. The van der Waals surface area contributed by atoms with Crippen molar-refractivity contribution in [3.8, 4) is 0 Å². The van der Waals surface area contributed by atoms with Crippen molar-refractivity contribution in [1.82, 2.24) is 20.9 Å². The maximum Gasteiger partial charge on any atom is 0.251 e. The molecule has 1 aliphatic rings. The molecule has 1 aliphatic heterocycles. The van der Waals surface area contributed by atoms with E-state index in [1.165, 1.54) is 0 Å². The number of carbonyl (C=O) groups excluding carboxylic acids is 1. The highest BCUT2D eigenvalue weighted by atomic mass is 16.5. The van der Waals surface area contributed by atoms with E-state index in [0.29, 0.717) is 12.1 Å². The molecule has 1 saturated heterocycles. The zero-order chi connectivity index (χ0) is 19.5. The van der Waals surface area contributed by atoms with Crippen LogP contribution in [0.25, 0.3) is 0 Å². The highest BCUT2D eigenvalue weighted by Crippen LogP contribution is 2.06. The number of ether oxygens (including phenoxy) is 1. The van der Waals surface area contributed by atoms with Crippen LogP contribution in [-0.4, -0.2) is 69.2 Å². The number of amides is 1. The van der Waals surface area contributed by atoms with Crippen molar-refractivity contribution in [2.45, 2.75) is 32.9 Å². The Hall–Kier alpha value is -2.12. The molecule has 150 valence electrons. The topological polar surface area (TPSA) is 78.0 Å². The molecule has 1 unspecified atom stereocenters. The third kappa shape index (κ3) is 7.56. The average molecular weight is 376 g/mol. The molecule has 0 spiro atoms. The van der Waals surface area contributed by atoms with Gasteiger partial charge in [0.05, 0.1) is 13.2 Å². The Labute approximate surface area is 162 Å². The number of morpholine rings is 1. The van der Waals surface area contributed by atoms with Crippen LogP contribution in [0, 0.1) is 0 Å². The molecule has 0 radical (unpaired) electrons. The first-order valence-electron chi connectivity index (χ1n) is 9.76. The van der Waals surface area contributed by atoms with Crippen LogP contribution < -0.4 is 16.0 Å². The van der Waals surface area contributed by atoms with E-state index in [2.05, 4.69) is 32.8 Å². The second kappa shape index (κ2) is 11.6. The van der Waals surface area contributed by atoms with Gasteiger partial charge in [0.25, 0.3) is 5.91 Å². The molecule has 2 rings (SSSR count). The molecule has 1 atom stereocenters. The summed E-state index contributed by atoms with van der Waals surface area (Å²) in [7, 11) is 1.76. The highest BCUT2D eigenvalue weighted by Gasteiger charge is 2.11. The first-order valence-corrected chi connectivity index (χ1v) is 9.76. The van der Waals surface area contributed by atoms with Gasteiger partial charge in [0, 0.05) is 51.4 Å². The van der Waals surface area contributed by atoms with Crippen LogP contribution in [0.5, 0.6) is 0 Å². The fourth-order valence-corrected chi connectivity index (χ4v) is 2.80. The van der Waals surface area contributed by atoms with Crippen molar-refractivity contribution in [2.75, 3.05) is 46.4 Å². The van der Waals surface area contributed by atoms with Gasteiger partial charge in [-0.15, -0.1) is 0 Å². The Morgan fingerprint density at radius 1 is 1.30 bits per heavy atom. The van der Waals surface area contributed by atoms with E-state index in [1.54, 1.807) is 7.05 Å². The van der Waals surface area contributed by atoms with Crippen LogP contribution in [0.15, 0.2) is 29.3 Å². The lowest BCUT2D eigenvalue weighted by atomic mass is 10.1. The summed E-state index contributed by atoms with van der Waals surface area (Å²) in [6.45, 7) is 10.1. The van der Waals surface area contributed by atoms with E-state index in [1.807, 2.05) is 31.2 Å². The van der Waals surface area contributed by atoms with Gasteiger partial charge in [-0.2, -0.15) is 0 Å². The summed E-state index contributed by atoms with van der Waals surface area (Å²) in [6, 6.07) is 7.86. The minimum Gasteiger partial charge on any atom is -0.379 e. The molecule has 1 fully saturated rings. The minimum atomic E-state index is -0.0285. The second-order valence-electron chi connectivity index (χ2n) is 6.79. The quantitative estimate of drug-likeness (QED) is 0.470. The third-order valence-corrected chi connectivity index (χ3v) is 4.69. The summed E-state index contributed by atoms with van der Waals surface area (Å²) >= 11 is 0. The van der Waals surface area contributed by atoms with E-state index >= 15 is 0 Å². The lowest BCUT2D eigenvalue weighted by molar-refractivity contribution is 0.0389. The van der Waals surface area contributed by atoms with E-state index in [-0.39, 0.29) is 11.9 Å². The number of carbonyl (C=O) groups is 1. The average Bonchev–Trinajstić information content (AvgIpc) is 2.71. The lowest BCUT2D eigenvalue weighted by Crippen LogP contribution is -2.44. The normalized spacial score (nSPS) is 16.6. The van der Waals surface area contributed by atoms with Crippen molar-refractivity contribution >= 4 is 11.9 Å².